The number of benzene rings is 2. The van der Waals surface area contributed by atoms with E-state index < -0.39 is 23.0 Å². The molecule has 0 amide bonds. The van der Waals surface area contributed by atoms with E-state index in [1.54, 1.807) is 36.4 Å². The number of hydrogen-bond donors (Lipinski definition) is 1. The van der Waals surface area contributed by atoms with E-state index in [1.807, 2.05) is 6.92 Å². The molecule has 8 heteroatoms. The number of nitriles is 1. The maximum atomic E-state index is 13.2. The van der Waals surface area contributed by atoms with Crippen molar-refractivity contribution in [1.29, 1.82) is 5.26 Å². The lowest BCUT2D eigenvalue weighted by atomic mass is 10.1. The van der Waals surface area contributed by atoms with Gasteiger partial charge < -0.3 is 9.84 Å². The van der Waals surface area contributed by atoms with Crippen molar-refractivity contribution in [2.45, 2.75) is 6.92 Å². The number of carboxylic acid groups (broad SMARTS) is 1. The number of ether oxygens (including phenoxy) is 1. The van der Waals surface area contributed by atoms with Crippen LogP contribution in [0.2, 0.25) is 0 Å². The number of carbonyl (C=O) groups is 1. The van der Waals surface area contributed by atoms with E-state index in [0.717, 1.165) is 16.8 Å². The molecule has 0 aliphatic heterocycles. The van der Waals surface area contributed by atoms with Gasteiger partial charge in [-0.25, -0.2) is 9.18 Å². The molecule has 0 aliphatic carbocycles. The summed E-state index contributed by atoms with van der Waals surface area (Å²) in [6.45, 7) is 2.39. The Morgan fingerprint density at radius 2 is 1.87 bits per heavy atom. The normalized spacial score (nSPS) is 10.7. The monoisotopic (exact) mass is 405 g/mol. The van der Waals surface area contributed by atoms with Crippen LogP contribution in [-0.2, 0) is 0 Å². The molecular formula is C22H16FN3O4. The summed E-state index contributed by atoms with van der Waals surface area (Å²) in [7, 11) is 0. The predicted octanol–water partition coefficient (Wildman–Crippen LogP) is 3.51. The fourth-order valence-electron chi connectivity index (χ4n) is 2.75. The molecule has 3 aromatic rings. The lowest BCUT2D eigenvalue weighted by Crippen LogP contribution is -2.28. The Morgan fingerprint density at radius 1 is 1.20 bits per heavy atom. The Hall–Kier alpha value is -4.25. The molecule has 1 heterocycles. The highest BCUT2D eigenvalue weighted by molar-refractivity contribution is 5.92. The van der Waals surface area contributed by atoms with Crippen LogP contribution in [0.25, 0.3) is 17.8 Å². The van der Waals surface area contributed by atoms with Gasteiger partial charge in [-0.1, -0.05) is 24.3 Å². The topological polar surface area (TPSA) is 105 Å². The number of halogens is 1. The summed E-state index contributed by atoms with van der Waals surface area (Å²) >= 11 is 0. The largest absolute Gasteiger partial charge is 0.494 e. The van der Waals surface area contributed by atoms with Gasteiger partial charge in [-0.2, -0.15) is 15.0 Å². The fraction of sp³-hybridized carbons (Fsp3) is 0.0909. The van der Waals surface area contributed by atoms with Gasteiger partial charge in [0.05, 0.1) is 12.3 Å². The third-order valence-corrected chi connectivity index (χ3v) is 4.15. The van der Waals surface area contributed by atoms with Crippen LogP contribution in [0.4, 0.5) is 4.39 Å². The van der Waals surface area contributed by atoms with Crippen LogP contribution in [0.3, 0.4) is 0 Å². The lowest BCUT2D eigenvalue weighted by Gasteiger charge is -2.09. The fourth-order valence-corrected chi connectivity index (χ4v) is 2.75. The summed E-state index contributed by atoms with van der Waals surface area (Å²) in [6.07, 6.45) is 2.93. The summed E-state index contributed by atoms with van der Waals surface area (Å²) in [5.74, 6) is -1.25. The summed E-state index contributed by atoms with van der Waals surface area (Å²) < 4.78 is 19.3. The van der Waals surface area contributed by atoms with E-state index in [1.165, 1.54) is 18.2 Å². The minimum Gasteiger partial charge on any atom is -0.494 e. The SMILES string of the molecule is CCOc1ccc(/C=C\c2c(C(=O)O)nn(-c3ccc(F)cc3)c(=O)c2C#N)cc1. The molecule has 0 saturated carbocycles. The summed E-state index contributed by atoms with van der Waals surface area (Å²) in [6, 6.07) is 13.5. The second kappa shape index (κ2) is 8.84. The zero-order chi connectivity index (χ0) is 21.7. The van der Waals surface area contributed by atoms with Crippen molar-refractivity contribution < 1.29 is 19.0 Å². The van der Waals surface area contributed by atoms with Gasteiger partial charge in [0.15, 0.2) is 5.69 Å². The number of nitrogens with zero attached hydrogens (tertiary/aromatic N) is 3. The van der Waals surface area contributed by atoms with Gasteiger partial charge >= 0.3 is 5.97 Å². The molecule has 0 bridgehead atoms. The minimum absolute atomic E-state index is 0.109. The first-order valence-electron chi connectivity index (χ1n) is 8.92. The maximum absolute atomic E-state index is 13.2. The third kappa shape index (κ3) is 4.25. The van der Waals surface area contributed by atoms with Crippen LogP contribution in [0.15, 0.2) is 53.3 Å². The zero-order valence-electron chi connectivity index (χ0n) is 15.9. The van der Waals surface area contributed by atoms with Crippen LogP contribution in [0.5, 0.6) is 5.75 Å². The standard InChI is InChI=1S/C22H16FN3O4/c1-2-30-17-10-3-14(4-11-17)5-12-18-19(13-24)21(27)26(25-20(18)22(28)29)16-8-6-15(23)7-9-16/h3-12H,2H2,1H3,(H,28,29)/b12-5-. The first-order chi connectivity index (χ1) is 14.4. The van der Waals surface area contributed by atoms with Gasteiger partial charge in [0.2, 0.25) is 0 Å². The third-order valence-electron chi connectivity index (χ3n) is 4.15. The summed E-state index contributed by atoms with van der Waals surface area (Å²) in [4.78, 5) is 24.5. The highest BCUT2D eigenvalue weighted by atomic mass is 19.1. The van der Waals surface area contributed by atoms with Crippen molar-refractivity contribution in [2.75, 3.05) is 6.61 Å². The molecule has 0 unspecified atom stereocenters. The number of rotatable bonds is 6. The number of aromatic carboxylic acids is 1. The Bertz CT molecular complexity index is 1210. The Labute approximate surface area is 170 Å². The smallest absolute Gasteiger partial charge is 0.357 e. The van der Waals surface area contributed by atoms with Crippen LogP contribution in [0, 0.1) is 17.1 Å². The molecule has 0 atom stereocenters. The van der Waals surface area contributed by atoms with Gasteiger partial charge in [-0.05, 0) is 48.9 Å². The summed E-state index contributed by atoms with van der Waals surface area (Å²) in [5.41, 5.74) is -0.918. The van der Waals surface area contributed by atoms with E-state index in [9.17, 15) is 24.3 Å². The van der Waals surface area contributed by atoms with E-state index in [-0.39, 0.29) is 16.8 Å². The van der Waals surface area contributed by atoms with Crippen LogP contribution in [0.1, 0.15) is 34.1 Å². The Kier molecular flexibility index (Phi) is 6.03. The Morgan fingerprint density at radius 3 is 2.43 bits per heavy atom. The number of hydrogen-bond acceptors (Lipinski definition) is 5. The van der Waals surface area contributed by atoms with Crippen LogP contribution >= 0.6 is 0 Å². The molecule has 1 N–H and O–H groups in total. The first-order valence-corrected chi connectivity index (χ1v) is 8.92. The van der Waals surface area contributed by atoms with Crippen molar-refractivity contribution in [3.8, 4) is 17.5 Å². The minimum atomic E-state index is -1.41. The molecule has 0 saturated heterocycles. The number of carboxylic acids is 1. The first kappa shape index (κ1) is 20.5. The van der Waals surface area contributed by atoms with E-state index in [2.05, 4.69) is 5.10 Å². The zero-order valence-corrected chi connectivity index (χ0v) is 15.9. The molecule has 1 aromatic heterocycles. The van der Waals surface area contributed by atoms with Crippen molar-refractivity contribution in [3.63, 3.8) is 0 Å². The van der Waals surface area contributed by atoms with Crippen LogP contribution < -0.4 is 10.3 Å². The molecule has 150 valence electrons. The highest BCUT2D eigenvalue weighted by Gasteiger charge is 2.21. The van der Waals surface area contributed by atoms with E-state index in [4.69, 9.17) is 4.74 Å². The van der Waals surface area contributed by atoms with E-state index in [0.29, 0.717) is 17.9 Å². The molecule has 3 rings (SSSR count). The molecule has 2 aromatic carbocycles. The molecule has 30 heavy (non-hydrogen) atoms. The number of aromatic nitrogens is 2. The molecule has 0 radical (unpaired) electrons. The van der Waals surface area contributed by atoms with Crippen molar-refractivity contribution in [1.82, 2.24) is 9.78 Å². The summed E-state index contributed by atoms with van der Waals surface area (Å²) in [5, 5.41) is 23.0. The van der Waals surface area contributed by atoms with E-state index >= 15 is 0 Å². The van der Waals surface area contributed by atoms with Gasteiger partial charge in [0, 0.05) is 5.56 Å². The molecule has 0 aliphatic rings. The molecule has 7 nitrogen and oxygen atoms in total. The molecule has 0 fully saturated rings. The second-order valence-electron chi connectivity index (χ2n) is 6.08. The average molecular weight is 405 g/mol. The van der Waals surface area contributed by atoms with Gasteiger partial charge in [0.1, 0.15) is 23.2 Å². The molecule has 0 spiro atoms. The van der Waals surface area contributed by atoms with Crippen molar-refractivity contribution in [2.24, 2.45) is 0 Å². The second-order valence-corrected chi connectivity index (χ2v) is 6.08. The van der Waals surface area contributed by atoms with Gasteiger partial charge in [-0.15, -0.1) is 0 Å². The van der Waals surface area contributed by atoms with Crippen molar-refractivity contribution in [3.05, 3.63) is 87.1 Å². The molecular weight excluding hydrogens is 389 g/mol. The quantitative estimate of drug-likeness (QED) is 0.673. The van der Waals surface area contributed by atoms with Gasteiger partial charge in [0.25, 0.3) is 5.56 Å². The highest BCUT2D eigenvalue weighted by Crippen LogP contribution is 2.18. The average Bonchev–Trinajstić information content (AvgIpc) is 2.74. The lowest BCUT2D eigenvalue weighted by molar-refractivity contribution is 0.0688. The maximum Gasteiger partial charge on any atom is 0.357 e. The predicted molar refractivity (Wildman–Crippen MR) is 108 cm³/mol. The van der Waals surface area contributed by atoms with Gasteiger partial charge in [-0.3, -0.25) is 4.79 Å². The van der Waals surface area contributed by atoms with Crippen LogP contribution in [-0.4, -0.2) is 27.5 Å². The van der Waals surface area contributed by atoms with Crippen molar-refractivity contribution >= 4 is 18.1 Å². The Balaban J connectivity index is 2.11.